The van der Waals surface area contributed by atoms with Gasteiger partial charge < -0.3 is 24.0 Å². The van der Waals surface area contributed by atoms with Gasteiger partial charge >= 0.3 is 12.1 Å². The third kappa shape index (κ3) is 19.4. The minimum Gasteiger partial charge on any atom is -0.446 e. The van der Waals surface area contributed by atoms with Gasteiger partial charge in [0.15, 0.2) is 0 Å². The molecule has 0 saturated carbocycles. The molecule has 0 spiro atoms. The van der Waals surface area contributed by atoms with Gasteiger partial charge in [0.25, 0.3) is 0 Å². The zero-order valence-electron chi connectivity index (χ0n) is 24.5. The number of nitrogens with zero attached hydrogens (tertiary/aromatic N) is 1. The van der Waals surface area contributed by atoms with Crippen molar-refractivity contribution in [2.24, 2.45) is 0 Å². The number of carbonyl (C=O) groups excluding carboxylic acids is 2. The van der Waals surface area contributed by atoms with Crippen molar-refractivity contribution in [3.05, 3.63) is 0 Å². The number of amides is 3. The Morgan fingerprint density at radius 1 is 0.838 bits per heavy atom. The van der Waals surface area contributed by atoms with E-state index in [2.05, 4.69) is 17.6 Å². The number of carbonyl (C=O) groups is 2. The summed E-state index contributed by atoms with van der Waals surface area (Å²) in [5.41, 5.74) is -0.604. The second-order valence-electron chi connectivity index (χ2n) is 11.8. The Kier molecular flexibility index (Phi) is 18.7. The van der Waals surface area contributed by atoms with Crippen molar-refractivity contribution < 1.29 is 28.3 Å². The number of ether oxygens (including phenoxy) is 3. The number of hydrogen-bond acceptors (Lipinski definition) is 5. The molecule has 1 aliphatic rings. The molecule has 0 radical (unpaired) electrons. The number of alkyl carbamates (subject to hydrolysis) is 1. The van der Waals surface area contributed by atoms with Crippen LogP contribution in [0.3, 0.4) is 0 Å². The monoisotopic (exact) mass is 528 g/mol. The third-order valence-electron chi connectivity index (χ3n) is 6.94. The molecule has 1 fully saturated rings. The maximum atomic E-state index is 12.0. The van der Waals surface area contributed by atoms with Gasteiger partial charge in [0.2, 0.25) is 0 Å². The first-order valence-corrected chi connectivity index (χ1v) is 15.0. The van der Waals surface area contributed by atoms with Crippen molar-refractivity contribution in [2.75, 3.05) is 60.7 Å². The zero-order valence-corrected chi connectivity index (χ0v) is 24.5. The summed E-state index contributed by atoms with van der Waals surface area (Å²) in [5, 5.41) is 4.89. The number of unbranched alkanes of at least 4 members (excludes halogenated alkanes) is 13. The Bertz CT molecular complexity index is 589. The second kappa shape index (κ2) is 20.6. The summed E-state index contributed by atoms with van der Waals surface area (Å²) < 4.78 is 17.8. The van der Waals surface area contributed by atoms with E-state index in [4.69, 9.17) is 14.2 Å². The summed E-state index contributed by atoms with van der Waals surface area (Å²) in [6.45, 7) is 5.34. The molecule has 37 heavy (non-hydrogen) atoms. The molecule has 1 atom stereocenters. The zero-order chi connectivity index (χ0) is 27.2. The third-order valence-corrected chi connectivity index (χ3v) is 6.94. The van der Waals surface area contributed by atoms with Gasteiger partial charge in [0.05, 0.1) is 40.8 Å². The molecule has 1 aliphatic heterocycles. The van der Waals surface area contributed by atoms with Gasteiger partial charge in [-0.25, -0.2) is 14.9 Å². The van der Waals surface area contributed by atoms with Crippen molar-refractivity contribution in [3.63, 3.8) is 0 Å². The topological polar surface area (TPSA) is 85.9 Å². The lowest BCUT2D eigenvalue weighted by Gasteiger charge is -2.27. The van der Waals surface area contributed by atoms with E-state index in [0.29, 0.717) is 26.4 Å². The fourth-order valence-electron chi connectivity index (χ4n) is 4.56. The molecule has 218 valence electrons. The number of likely N-dealkylation sites (N-methyl/N-ethyl adjacent to an activating group) is 1. The molecule has 1 heterocycles. The lowest BCUT2D eigenvalue weighted by molar-refractivity contribution is -0.869. The smallest absolute Gasteiger partial charge is 0.415 e. The molecule has 2 N–H and O–H groups in total. The predicted octanol–water partition coefficient (Wildman–Crippen LogP) is 6.18. The second-order valence-corrected chi connectivity index (χ2v) is 11.8. The van der Waals surface area contributed by atoms with E-state index in [9.17, 15) is 9.59 Å². The molecule has 1 rings (SSSR count). The molecule has 1 saturated heterocycles. The molecule has 8 nitrogen and oxygen atoms in total. The van der Waals surface area contributed by atoms with Crippen molar-refractivity contribution in [1.29, 1.82) is 0 Å². The number of nitrogens with one attached hydrogen (secondary N) is 2. The Morgan fingerprint density at radius 2 is 1.41 bits per heavy atom. The van der Waals surface area contributed by atoms with Crippen molar-refractivity contribution in [2.45, 2.75) is 115 Å². The first kappa shape index (κ1) is 33.6. The molecule has 8 heteroatoms. The molecule has 3 amide bonds. The van der Waals surface area contributed by atoms with Crippen molar-refractivity contribution in [1.82, 2.24) is 10.6 Å². The summed E-state index contributed by atoms with van der Waals surface area (Å²) in [6.07, 6.45) is 19.7. The van der Waals surface area contributed by atoms with E-state index in [1.54, 1.807) is 0 Å². The van der Waals surface area contributed by atoms with Gasteiger partial charge in [0, 0.05) is 13.2 Å². The summed E-state index contributed by atoms with van der Waals surface area (Å²) in [7, 11) is 6.11. The fraction of sp³-hybridized carbons (Fsp3) is 0.931. The van der Waals surface area contributed by atoms with E-state index in [1.807, 2.05) is 21.1 Å². The minimum atomic E-state index is -0.760. The van der Waals surface area contributed by atoms with E-state index in [1.165, 1.54) is 83.5 Å². The van der Waals surface area contributed by atoms with E-state index in [-0.39, 0.29) is 6.61 Å². The fourth-order valence-corrected chi connectivity index (χ4v) is 4.56. The van der Waals surface area contributed by atoms with Crippen LogP contribution in [0.2, 0.25) is 0 Å². The first-order valence-electron chi connectivity index (χ1n) is 15.0. The quantitative estimate of drug-likeness (QED) is 0.130. The Morgan fingerprint density at radius 3 is 1.92 bits per heavy atom. The standard InChI is InChI=1S/C29H57N3O5/c1-5-6-7-8-9-10-11-12-13-14-15-16-17-18-23-35-25-29(20-19-24-37-29)26-36-28(34)31-27(33)30-21-22-32(2,3)4/h5-26H2,1-4H3,(H-,30,31,33,34)/p+1. The van der Waals surface area contributed by atoms with Crippen LogP contribution in [0, 0.1) is 0 Å². The van der Waals surface area contributed by atoms with Crippen LogP contribution in [0.4, 0.5) is 9.59 Å². The van der Waals surface area contributed by atoms with Crippen LogP contribution in [-0.4, -0.2) is 82.9 Å². The number of rotatable bonds is 22. The molecule has 0 aromatic carbocycles. The maximum absolute atomic E-state index is 12.0. The summed E-state index contributed by atoms with van der Waals surface area (Å²) >= 11 is 0. The van der Waals surface area contributed by atoms with Gasteiger partial charge in [0.1, 0.15) is 12.2 Å². The van der Waals surface area contributed by atoms with E-state index in [0.717, 1.165) is 30.3 Å². The number of hydrogen-bond donors (Lipinski definition) is 2. The minimum absolute atomic E-state index is 0.0870. The Balaban J connectivity index is 2.03. The molecule has 0 bridgehead atoms. The maximum Gasteiger partial charge on any atom is 0.415 e. The molecular weight excluding hydrogens is 470 g/mol. The molecule has 0 aromatic heterocycles. The molecular formula is C29H58N3O5+. The van der Waals surface area contributed by atoms with Gasteiger partial charge in [-0.1, -0.05) is 90.4 Å². The average molecular weight is 529 g/mol. The van der Waals surface area contributed by atoms with Crippen LogP contribution in [0.25, 0.3) is 0 Å². The number of imide groups is 1. The van der Waals surface area contributed by atoms with Gasteiger partial charge in [-0.3, -0.25) is 0 Å². The highest BCUT2D eigenvalue weighted by atomic mass is 16.6. The number of quaternary nitrogens is 1. The lowest BCUT2D eigenvalue weighted by Crippen LogP contribution is -2.47. The van der Waals surface area contributed by atoms with E-state index < -0.39 is 17.7 Å². The predicted molar refractivity (Wildman–Crippen MR) is 150 cm³/mol. The normalized spacial score (nSPS) is 17.6. The van der Waals surface area contributed by atoms with Crippen molar-refractivity contribution >= 4 is 12.1 Å². The van der Waals surface area contributed by atoms with Crippen molar-refractivity contribution in [3.8, 4) is 0 Å². The van der Waals surface area contributed by atoms with Crippen LogP contribution in [0.5, 0.6) is 0 Å². The largest absolute Gasteiger partial charge is 0.446 e. The Hall–Kier alpha value is -1.38. The van der Waals surface area contributed by atoms with Gasteiger partial charge in [-0.05, 0) is 19.3 Å². The highest BCUT2D eigenvalue weighted by molar-refractivity contribution is 5.90. The van der Waals surface area contributed by atoms with E-state index >= 15 is 0 Å². The van der Waals surface area contributed by atoms with Crippen LogP contribution >= 0.6 is 0 Å². The van der Waals surface area contributed by atoms with Crippen LogP contribution in [0.15, 0.2) is 0 Å². The van der Waals surface area contributed by atoms with Crippen LogP contribution in [0.1, 0.15) is 110 Å². The lowest BCUT2D eigenvalue weighted by atomic mass is 10.0. The summed E-state index contributed by atoms with van der Waals surface area (Å²) in [4.78, 5) is 23.9. The highest BCUT2D eigenvalue weighted by Crippen LogP contribution is 2.27. The molecule has 1 unspecified atom stereocenters. The molecule has 0 aromatic rings. The number of urea groups is 1. The molecule has 0 aliphatic carbocycles. The summed E-state index contributed by atoms with van der Waals surface area (Å²) in [5.74, 6) is 0. The van der Waals surface area contributed by atoms with Crippen LogP contribution in [-0.2, 0) is 14.2 Å². The highest BCUT2D eigenvalue weighted by Gasteiger charge is 2.37. The SMILES string of the molecule is CCCCCCCCCCCCCCCCOCC1(COC(=O)NC(=O)NCC[N+](C)(C)C)CCCO1. The van der Waals surface area contributed by atoms with Crippen LogP contribution < -0.4 is 10.6 Å². The Labute approximate surface area is 227 Å². The average Bonchev–Trinajstić information content (AvgIpc) is 3.31. The summed E-state index contributed by atoms with van der Waals surface area (Å²) in [6, 6.07) is -0.547. The van der Waals surface area contributed by atoms with Gasteiger partial charge in [-0.2, -0.15) is 0 Å². The first-order chi connectivity index (χ1) is 17.8. The van der Waals surface area contributed by atoms with Gasteiger partial charge in [-0.15, -0.1) is 0 Å².